The smallest absolute Gasteiger partial charge is 0.341 e. The van der Waals surface area contributed by atoms with Crippen molar-refractivity contribution >= 4 is 34.1 Å². The highest BCUT2D eigenvalue weighted by atomic mass is 32.1. The summed E-state index contributed by atoms with van der Waals surface area (Å²) in [5, 5.41) is 16.5. The number of carbonyl (C=O) groups excluding carboxylic acids is 1. The SMILES string of the molecule is COc1c(-c2cc3c(s2)CCCC3NC(=O)[C@H]2CCCN2)ccc2c(=O)c(C(=O)O)cn(C3CC3)c12. The number of thiophene rings is 1. The van der Waals surface area contributed by atoms with Crippen molar-refractivity contribution in [3.8, 4) is 16.2 Å². The van der Waals surface area contributed by atoms with Gasteiger partial charge in [0, 0.05) is 27.6 Å². The molecule has 188 valence electrons. The van der Waals surface area contributed by atoms with Crippen molar-refractivity contribution in [3.05, 3.63) is 50.6 Å². The Labute approximate surface area is 212 Å². The van der Waals surface area contributed by atoms with Crippen molar-refractivity contribution in [2.45, 2.75) is 63.1 Å². The number of methoxy groups -OCH3 is 1. The number of amides is 1. The molecule has 1 saturated carbocycles. The normalized spacial score (nSPS) is 21.4. The third-order valence-electron chi connectivity index (χ3n) is 7.59. The summed E-state index contributed by atoms with van der Waals surface area (Å²) in [6, 6.07) is 5.78. The molecule has 3 aliphatic rings. The summed E-state index contributed by atoms with van der Waals surface area (Å²) in [6.45, 7) is 0.887. The number of ether oxygens (including phenoxy) is 1. The number of carboxylic acids is 1. The number of benzene rings is 1. The number of aromatic nitrogens is 1. The molecule has 3 heterocycles. The molecule has 2 aromatic heterocycles. The van der Waals surface area contributed by atoms with Gasteiger partial charge in [0.2, 0.25) is 11.3 Å². The van der Waals surface area contributed by atoms with Crippen LogP contribution in [0.2, 0.25) is 0 Å². The van der Waals surface area contributed by atoms with E-state index in [9.17, 15) is 19.5 Å². The summed E-state index contributed by atoms with van der Waals surface area (Å²) in [5.41, 5.74) is 1.98. The average Bonchev–Trinajstić information content (AvgIpc) is 3.38. The third-order valence-corrected chi connectivity index (χ3v) is 8.84. The lowest BCUT2D eigenvalue weighted by molar-refractivity contribution is -0.123. The molecular formula is C27H29N3O5S. The first-order chi connectivity index (χ1) is 17.5. The minimum atomic E-state index is -1.22. The third kappa shape index (κ3) is 3.90. The molecule has 6 rings (SSSR count). The average molecular weight is 508 g/mol. The number of hydrogen-bond acceptors (Lipinski definition) is 6. The molecule has 3 N–H and O–H groups in total. The fourth-order valence-electron chi connectivity index (χ4n) is 5.63. The number of nitrogens with one attached hydrogen (secondary N) is 2. The van der Waals surface area contributed by atoms with Crippen LogP contribution in [0.25, 0.3) is 21.3 Å². The molecule has 2 aliphatic carbocycles. The molecule has 2 fully saturated rings. The van der Waals surface area contributed by atoms with E-state index in [1.807, 2.05) is 10.6 Å². The van der Waals surface area contributed by atoms with Gasteiger partial charge in [0.05, 0.1) is 30.1 Å². The number of aryl methyl sites for hydroxylation is 1. The maximum absolute atomic E-state index is 13.0. The molecule has 2 atom stereocenters. The number of nitrogens with zero attached hydrogens (tertiary/aromatic N) is 1. The lowest BCUT2D eigenvalue weighted by Crippen LogP contribution is -2.42. The van der Waals surface area contributed by atoms with E-state index in [0.717, 1.165) is 67.5 Å². The van der Waals surface area contributed by atoms with Crippen molar-refractivity contribution in [3.63, 3.8) is 0 Å². The van der Waals surface area contributed by atoms with E-state index >= 15 is 0 Å². The Morgan fingerprint density at radius 3 is 2.72 bits per heavy atom. The molecule has 1 saturated heterocycles. The minimum absolute atomic E-state index is 0.0112. The fraction of sp³-hybridized carbons (Fsp3) is 0.444. The highest BCUT2D eigenvalue weighted by Gasteiger charge is 2.31. The van der Waals surface area contributed by atoms with Crippen LogP contribution in [0.4, 0.5) is 0 Å². The standard InChI is InChI=1S/C27H29N3O5S/c1-35-25-15(9-10-16-23(25)30(14-7-8-14)13-18(24(16)31)27(33)34)22-12-17-19(4-2-6-21(17)36-22)29-26(32)20-5-3-11-28-20/h9-10,12-14,19-20,28H,2-8,11H2,1H3,(H,29,32)(H,33,34)/t19?,20-/m1/s1. The summed E-state index contributed by atoms with van der Waals surface area (Å²) in [5.74, 6) is -0.557. The van der Waals surface area contributed by atoms with E-state index in [1.54, 1.807) is 24.5 Å². The molecule has 3 aromatic rings. The largest absolute Gasteiger partial charge is 0.494 e. The molecule has 0 spiro atoms. The lowest BCUT2D eigenvalue weighted by Gasteiger charge is -2.25. The Balaban J connectivity index is 1.43. The van der Waals surface area contributed by atoms with Crippen molar-refractivity contribution in [2.24, 2.45) is 0 Å². The van der Waals surface area contributed by atoms with Gasteiger partial charge in [0.1, 0.15) is 5.56 Å². The van der Waals surface area contributed by atoms with Crippen molar-refractivity contribution in [2.75, 3.05) is 13.7 Å². The van der Waals surface area contributed by atoms with Gasteiger partial charge in [-0.25, -0.2) is 4.79 Å². The quantitative estimate of drug-likeness (QED) is 0.465. The van der Waals surface area contributed by atoms with Crippen LogP contribution in [0.15, 0.2) is 29.2 Å². The van der Waals surface area contributed by atoms with Crippen molar-refractivity contribution < 1.29 is 19.4 Å². The number of carboxylic acid groups (broad SMARTS) is 1. The summed E-state index contributed by atoms with van der Waals surface area (Å²) >= 11 is 1.70. The molecular weight excluding hydrogens is 478 g/mol. The van der Waals surface area contributed by atoms with E-state index in [1.165, 1.54) is 11.1 Å². The number of aromatic carboxylic acids is 1. The van der Waals surface area contributed by atoms with Crippen LogP contribution in [-0.4, -0.2) is 41.2 Å². The first-order valence-corrected chi connectivity index (χ1v) is 13.4. The summed E-state index contributed by atoms with van der Waals surface area (Å²) < 4.78 is 7.81. The summed E-state index contributed by atoms with van der Waals surface area (Å²) in [6.07, 6.45) is 8.15. The summed E-state index contributed by atoms with van der Waals surface area (Å²) in [4.78, 5) is 39.8. The second-order valence-electron chi connectivity index (χ2n) is 9.95. The van der Waals surface area contributed by atoms with Gasteiger partial charge in [-0.15, -0.1) is 11.3 Å². The van der Waals surface area contributed by atoms with Crippen molar-refractivity contribution in [1.82, 2.24) is 15.2 Å². The topological polar surface area (TPSA) is 110 Å². The van der Waals surface area contributed by atoms with Crippen LogP contribution in [0.1, 0.15) is 71.4 Å². The van der Waals surface area contributed by atoms with Crippen LogP contribution >= 0.6 is 11.3 Å². The molecule has 0 bridgehead atoms. The molecule has 1 aliphatic heterocycles. The van der Waals surface area contributed by atoms with Gasteiger partial charge in [0.15, 0.2) is 5.75 Å². The molecule has 0 radical (unpaired) electrons. The number of rotatable bonds is 6. The van der Waals surface area contributed by atoms with Gasteiger partial charge in [-0.2, -0.15) is 0 Å². The highest BCUT2D eigenvalue weighted by molar-refractivity contribution is 7.15. The maximum Gasteiger partial charge on any atom is 0.341 e. The lowest BCUT2D eigenvalue weighted by atomic mass is 9.93. The van der Waals surface area contributed by atoms with Gasteiger partial charge < -0.3 is 25.0 Å². The highest BCUT2D eigenvalue weighted by Crippen LogP contribution is 2.46. The van der Waals surface area contributed by atoms with E-state index in [2.05, 4.69) is 16.7 Å². The van der Waals surface area contributed by atoms with E-state index < -0.39 is 11.4 Å². The predicted molar refractivity (Wildman–Crippen MR) is 138 cm³/mol. The van der Waals surface area contributed by atoms with Gasteiger partial charge in [-0.3, -0.25) is 9.59 Å². The zero-order chi connectivity index (χ0) is 25.0. The number of carbonyl (C=O) groups is 2. The zero-order valence-corrected chi connectivity index (χ0v) is 21.0. The number of pyridine rings is 1. The first-order valence-electron chi connectivity index (χ1n) is 12.6. The van der Waals surface area contributed by atoms with E-state index in [-0.39, 0.29) is 29.6 Å². The molecule has 1 amide bonds. The maximum atomic E-state index is 13.0. The second kappa shape index (κ2) is 9.05. The zero-order valence-electron chi connectivity index (χ0n) is 20.1. The van der Waals surface area contributed by atoms with E-state index in [4.69, 9.17) is 4.74 Å². The number of fused-ring (bicyclic) bond motifs is 2. The van der Waals surface area contributed by atoms with Gasteiger partial charge >= 0.3 is 5.97 Å². The Morgan fingerprint density at radius 1 is 1.19 bits per heavy atom. The molecule has 9 heteroatoms. The van der Waals surface area contributed by atoms with Crippen molar-refractivity contribution in [1.29, 1.82) is 0 Å². The van der Waals surface area contributed by atoms with Crippen LogP contribution in [0, 0.1) is 0 Å². The van der Waals surface area contributed by atoms with Gasteiger partial charge in [-0.1, -0.05) is 0 Å². The van der Waals surface area contributed by atoms with Crippen LogP contribution in [0.3, 0.4) is 0 Å². The monoisotopic (exact) mass is 507 g/mol. The van der Waals surface area contributed by atoms with Crippen LogP contribution < -0.4 is 20.8 Å². The Bertz CT molecular complexity index is 1430. The first kappa shape index (κ1) is 23.2. The van der Waals surface area contributed by atoms with Gasteiger partial charge in [0.25, 0.3) is 0 Å². The van der Waals surface area contributed by atoms with Crippen LogP contribution in [-0.2, 0) is 11.2 Å². The number of hydrogen-bond donors (Lipinski definition) is 3. The molecule has 1 aromatic carbocycles. The van der Waals surface area contributed by atoms with Gasteiger partial charge in [-0.05, 0) is 75.3 Å². The fourth-order valence-corrected chi connectivity index (χ4v) is 6.92. The molecule has 8 nitrogen and oxygen atoms in total. The predicted octanol–water partition coefficient (Wildman–Crippen LogP) is 4.02. The minimum Gasteiger partial charge on any atom is -0.494 e. The second-order valence-corrected chi connectivity index (χ2v) is 11.1. The summed E-state index contributed by atoms with van der Waals surface area (Å²) in [7, 11) is 1.59. The van der Waals surface area contributed by atoms with Crippen LogP contribution in [0.5, 0.6) is 5.75 Å². The molecule has 1 unspecified atom stereocenters. The van der Waals surface area contributed by atoms with E-state index in [0.29, 0.717) is 16.7 Å². The Hall–Kier alpha value is -3.17. The Morgan fingerprint density at radius 2 is 2.03 bits per heavy atom. The molecule has 36 heavy (non-hydrogen) atoms. The Kier molecular flexibility index (Phi) is 5.84.